The van der Waals surface area contributed by atoms with Crippen LogP contribution in [0.5, 0.6) is 0 Å². The Labute approximate surface area is 171 Å². The summed E-state index contributed by atoms with van der Waals surface area (Å²) in [5, 5.41) is 5.33. The number of amides is 2. The lowest BCUT2D eigenvalue weighted by Gasteiger charge is -2.20. The molecule has 2 amide bonds. The predicted molar refractivity (Wildman–Crippen MR) is 110 cm³/mol. The molecule has 1 atom stereocenters. The lowest BCUT2D eigenvalue weighted by atomic mass is 10.1. The number of methoxy groups -OCH3 is 1. The van der Waals surface area contributed by atoms with Crippen LogP contribution in [0.3, 0.4) is 0 Å². The number of hydrogen-bond donors (Lipinski definition) is 2. The van der Waals surface area contributed by atoms with E-state index in [1.54, 1.807) is 19.2 Å². The van der Waals surface area contributed by atoms with Gasteiger partial charge in [0.1, 0.15) is 6.04 Å². The molecule has 0 saturated carbocycles. The second-order valence-electron chi connectivity index (χ2n) is 6.78. The minimum absolute atomic E-state index is 0.124. The molecule has 0 spiro atoms. The minimum Gasteiger partial charge on any atom is -0.467 e. The molecule has 7 heteroatoms. The van der Waals surface area contributed by atoms with E-state index in [9.17, 15) is 14.4 Å². The molecule has 0 aliphatic rings. The Morgan fingerprint density at radius 2 is 1.66 bits per heavy atom. The molecule has 0 aliphatic heterocycles. The molecule has 2 N–H and O–H groups in total. The van der Waals surface area contributed by atoms with Crippen molar-refractivity contribution in [2.45, 2.75) is 19.0 Å². The number of rotatable bonds is 9. The first kappa shape index (κ1) is 22.1. The van der Waals surface area contributed by atoms with Crippen LogP contribution in [0.15, 0.2) is 54.6 Å². The topological polar surface area (TPSA) is 87.7 Å². The number of benzene rings is 2. The number of ether oxygens (including phenoxy) is 1. The summed E-state index contributed by atoms with van der Waals surface area (Å²) in [6.45, 7) is 0.655. The van der Waals surface area contributed by atoms with Gasteiger partial charge < -0.3 is 15.4 Å². The van der Waals surface area contributed by atoms with Gasteiger partial charge in [-0.3, -0.25) is 14.5 Å². The zero-order valence-corrected chi connectivity index (χ0v) is 17.0. The van der Waals surface area contributed by atoms with Crippen molar-refractivity contribution in [2.24, 2.45) is 0 Å². The zero-order chi connectivity index (χ0) is 21.2. The van der Waals surface area contributed by atoms with Gasteiger partial charge in [-0.05, 0) is 30.3 Å². The van der Waals surface area contributed by atoms with E-state index in [0.29, 0.717) is 18.5 Å². The summed E-state index contributed by atoms with van der Waals surface area (Å²) in [5.74, 6) is -0.882. The van der Waals surface area contributed by atoms with Gasteiger partial charge in [-0.25, -0.2) is 4.79 Å². The largest absolute Gasteiger partial charge is 0.467 e. The van der Waals surface area contributed by atoms with Gasteiger partial charge in [0.05, 0.1) is 13.7 Å². The van der Waals surface area contributed by atoms with Crippen LogP contribution >= 0.6 is 0 Å². The molecule has 2 rings (SSSR count). The number of nitrogens with zero attached hydrogens (tertiary/aromatic N) is 1. The highest BCUT2D eigenvalue weighted by Gasteiger charge is 2.22. The molecular formula is C22H27N3O4. The van der Waals surface area contributed by atoms with Crippen LogP contribution in [0.4, 0.5) is 0 Å². The summed E-state index contributed by atoms with van der Waals surface area (Å²) >= 11 is 0. The SMILES string of the molecule is CNC(=O)c1ccc(CN(C)CC(=O)N[C@H](Cc2ccccc2)C(=O)OC)cc1. The fraction of sp³-hybridized carbons (Fsp3) is 0.318. The van der Waals surface area contributed by atoms with E-state index >= 15 is 0 Å². The Morgan fingerprint density at radius 1 is 1.00 bits per heavy atom. The third kappa shape index (κ3) is 7.04. The summed E-state index contributed by atoms with van der Waals surface area (Å²) in [7, 11) is 4.71. The molecule has 0 aromatic heterocycles. The van der Waals surface area contributed by atoms with Crippen molar-refractivity contribution < 1.29 is 19.1 Å². The highest BCUT2D eigenvalue weighted by atomic mass is 16.5. The first-order valence-corrected chi connectivity index (χ1v) is 9.33. The maximum atomic E-state index is 12.4. The molecule has 0 fully saturated rings. The fourth-order valence-electron chi connectivity index (χ4n) is 2.94. The maximum absolute atomic E-state index is 12.4. The van der Waals surface area contributed by atoms with E-state index in [2.05, 4.69) is 10.6 Å². The van der Waals surface area contributed by atoms with Crippen LogP contribution in [0, 0.1) is 0 Å². The molecule has 154 valence electrons. The number of esters is 1. The van der Waals surface area contributed by atoms with E-state index in [-0.39, 0.29) is 18.4 Å². The van der Waals surface area contributed by atoms with Crippen LogP contribution in [0.25, 0.3) is 0 Å². The Kier molecular flexibility index (Phi) is 8.36. The Hall–Kier alpha value is -3.19. The van der Waals surface area contributed by atoms with Crippen LogP contribution in [0.1, 0.15) is 21.5 Å². The van der Waals surface area contributed by atoms with Gasteiger partial charge in [-0.2, -0.15) is 0 Å². The highest BCUT2D eigenvalue weighted by Crippen LogP contribution is 2.08. The average molecular weight is 397 g/mol. The first-order valence-electron chi connectivity index (χ1n) is 9.33. The number of likely N-dealkylation sites (N-methyl/N-ethyl adjacent to an activating group) is 1. The molecule has 2 aromatic carbocycles. The van der Waals surface area contributed by atoms with Gasteiger partial charge in [0.25, 0.3) is 5.91 Å². The van der Waals surface area contributed by atoms with Crippen molar-refractivity contribution >= 4 is 17.8 Å². The zero-order valence-electron chi connectivity index (χ0n) is 17.0. The van der Waals surface area contributed by atoms with E-state index in [1.807, 2.05) is 54.4 Å². The van der Waals surface area contributed by atoms with Gasteiger partial charge >= 0.3 is 5.97 Å². The number of carbonyl (C=O) groups excluding carboxylic acids is 3. The molecule has 2 aromatic rings. The van der Waals surface area contributed by atoms with Crippen LogP contribution in [-0.4, -0.2) is 56.5 Å². The third-order valence-electron chi connectivity index (χ3n) is 4.41. The van der Waals surface area contributed by atoms with Gasteiger partial charge in [-0.15, -0.1) is 0 Å². The highest BCUT2D eigenvalue weighted by molar-refractivity contribution is 5.93. The number of nitrogens with one attached hydrogen (secondary N) is 2. The van der Waals surface area contributed by atoms with Gasteiger partial charge in [0.2, 0.25) is 5.91 Å². The average Bonchev–Trinajstić information content (AvgIpc) is 2.73. The third-order valence-corrected chi connectivity index (χ3v) is 4.41. The second-order valence-corrected chi connectivity index (χ2v) is 6.78. The van der Waals surface area contributed by atoms with Crippen molar-refractivity contribution in [2.75, 3.05) is 27.7 Å². The summed E-state index contributed by atoms with van der Waals surface area (Å²) in [6.07, 6.45) is 0.365. The van der Waals surface area contributed by atoms with Crippen LogP contribution in [0.2, 0.25) is 0 Å². The molecule has 0 aliphatic carbocycles. The molecule has 0 bridgehead atoms. The summed E-state index contributed by atoms with van der Waals surface area (Å²) < 4.78 is 4.83. The summed E-state index contributed by atoms with van der Waals surface area (Å²) in [5.41, 5.74) is 2.49. The molecule has 0 unspecified atom stereocenters. The van der Waals surface area contributed by atoms with Crippen molar-refractivity contribution in [3.63, 3.8) is 0 Å². The second kappa shape index (κ2) is 11.0. The van der Waals surface area contributed by atoms with Crippen LogP contribution < -0.4 is 10.6 Å². The van der Waals surface area contributed by atoms with E-state index in [1.165, 1.54) is 7.11 Å². The lowest BCUT2D eigenvalue weighted by molar-refractivity contribution is -0.145. The fourth-order valence-corrected chi connectivity index (χ4v) is 2.94. The first-order chi connectivity index (χ1) is 13.9. The number of carbonyl (C=O) groups is 3. The van der Waals surface area contributed by atoms with Gasteiger partial charge in [0, 0.05) is 25.6 Å². The van der Waals surface area contributed by atoms with E-state index < -0.39 is 12.0 Å². The molecule has 0 saturated heterocycles. The normalized spacial score (nSPS) is 11.6. The van der Waals surface area contributed by atoms with E-state index in [4.69, 9.17) is 4.74 Å². The summed E-state index contributed by atoms with van der Waals surface area (Å²) in [4.78, 5) is 37.9. The minimum atomic E-state index is -0.741. The smallest absolute Gasteiger partial charge is 0.328 e. The van der Waals surface area contributed by atoms with Crippen molar-refractivity contribution in [3.8, 4) is 0 Å². The molecule has 29 heavy (non-hydrogen) atoms. The van der Waals surface area contributed by atoms with Gasteiger partial charge in [-0.1, -0.05) is 42.5 Å². The van der Waals surface area contributed by atoms with Crippen molar-refractivity contribution in [1.29, 1.82) is 0 Å². The predicted octanol–water partition coefficient (Wildman–Crippen LogP) is 1.38. The maximum Gasteiger partial charge on any atom is 0.328 e. The van der Waals surface area contributed by atoms with Crippen LogP contribution in [-0.2, 0) is 27.3 Å². The standard InChI is InChI=1S/C22H27N3O4/c1-23-21(27)18-11-9-17(10-12-18)14-25(2)15-20(26)24-19(22(28)29-3)13-16-7-5-4-6-8-16/h4-12,19H,13-15H2,1-3H3,(H,23,27)(H,24,26)/t19-/m1/s1. The molecule has 0 radical (unpaired) electrons. The Bertz CT molecular complexity index is 822. The Balaban J connectivity index is 1.91. The van der Waals surface area contributed by atoms with Crippen molar-refractivity contribution in [3.05, 3.63) is 71.3 Å². The lowest BCUT2D eigenvalue weighted by Crippen LogP contribution is -2.46. The monoisotopic (exact) mass is 397 g/mol. The summed E-state index contributed by atoms with van der Waals surface area (Å²) in [6, 6.07) is 15.9. The molecular weight excluding hydrogens is 370 g/mol. The van der Waals surface area contributed by atoms with Crippen molar-refractivity contribution in [1.82, 2.24) is 15.5 Å². The quantitative estimate of drug-likeness (QED) is 0.624. The van der Waals surface area contributed by atoms with Gasteiger partial charge in [0.15, 0.2) is 0 Å². The molecule has 0 heterocycles. The number of hydrogen-bond acceptors (Lipinski definition) is 5. The van der Waals surface area contributed by atoms with E-state index in [0.717, 1.165) is 11.1 Å². The Morgan fingerprint density at radius 3 is 2.24 bits per heavy atom. The molecule has 7 nitrogen and oxygen atoms in total.